The third kappa shape index (κ3) is 7.80. The quantitative estimate of drug-likeness (QED) is 0.288. The second-order valence-corrected chi connectivity index (χ2v) is 6.10. The molecule has 27 heavy (non-hydrogen) atoms. The molecule has 1 unspecified atom stereocenters. The number of aryl methyl sites for hydroxylation is 1. The summed E-state index contributed by atoms with van der Waals surface area (Å²) in [5, 5.41) is 16.6. The highest BCUT2D eigenvalue weighted by atomic mass is 127. The Balaban J connectivity index is 0.00000364. The maximum Gasteiger partial charge on any atom is 0.191 e. The number of anilines is 1. The number of likely N-dealkylation sites (N-methyl/N-ethyl adjacent to an activating group) is 1. The molecule has 1 atom stereocenters. The first-order valence-electron chi connectivity index (χ1n) is 9.19. The molecule has 0 spiro atoms. The van der Waals surface area contributed by atoms with Gasteiger partial charge in [0.15, 0.2) is 5.96 Å². The van der Waals surface area contributed by atoms with Gasteiger partial charge in [-0.25, -0.2) is 0 Å². The first kappa shape index (κ1) is 23.3. The summed E-state index contributed by atoms with van der Waals surface area (Å²) < 4.78 is 5.21. The average Bonchev–Trinajstić information content (AvgIpc) is 3.17. The SMILES string of the molecule is CCNC(=NCC(O)c1ccco1)NCCN(CC)c1cccc(C)c1.I. The number of nitrogens with zero attached hydrogens (tertiary/aromatic N) is 2. The number of aliphatic imine (C=N–C) groups is 1. The molecule has 0 radical (unpaired) electrons. The number of guanidine groups is 1. The van der Waals surface area contributed by atoms with E-state index in [4.69, 9.17) is 4.42 Å². The van der Waals surface area contributed by atoms with Gasteiger partial charge in [0.1, 0.15) is 11.9 Å². The second-order valence-electron chi connectivity index (χ2n) is 6.10. The lowest BCUT2D eigenvalue weighted by Gasteiger charge is -2.24. The van der Waals surface area contributed by atoms with Crippen LogP contribution in [0, 0.1) is 6.92 Å². The molecule has 0 amide bonds. The minimum atomic E-state index is -0.736. The first-order valence-corrected chi connectivity index (χ1v) is 9.19. The molecule has 2 rings (SSSR count). The molecule has 0 aliphatic rings. The van der Waals surface area contributed by atoms with E-state index in [2.05, 4.69) is 58.6 Å². The summed E-state index contributed by atoms with van der Waals surface area (Å²) in [4.78, 5) is 6.77. The van der Waals surface area contributed by atoms with Crippen molar-refractivity contribution in [1.82, 2.24) is 10.6 Å². The smallest absolute Gasteiger partial charge is 0.191 e. The zero-order valence-electron chi connectivity index (χ0n) is 16.3. The number of benzene rings is 1. The number of aliphatic hydroxyl groups excluding tert-OH is 1. The lowest BCUT2D eigenvalue weighted by Crippen LogP contribution is -2.42. The monoisotopic (exact) mass is 486 g/mol. The Labute approximate surface area is 179 Å². The van der Waals surface area contributed by atoms with E-state index in [9.17, 15) is 5.11 Å². The number of hydrogen-bond donors (Lipinski definition) is 3. The topological polar surface area (TPSA) is 73.0 Å². The van der Waals surface area contributed by atoms with E-state index in [1.54, 1.807) is 18.4 Å². The van der Waals surface area contributed by atoms with Gasteiger partial charge < -0.3 is 25.1 Å². The van der Waals surface area contributed by atoms with Gasteiger partial charge in [0.25, 0.3) is 0 Å². The van der Waals surface area contributed by atoms with E-state index < -0.39 is 6.10 Å². The van der Waals surface area contributed by atoms with Crippen LogP contribution < -0.4 is 15.5 Å². The lowest BCUT2D eigenvalue weighted by molar-refractivity contribution is 0.158. The van der Waals surface area contributed by atoms with Crippen molar-refractivity contribution in [1.29, 1.82) is 0 Å². The van der Waals surface area contributed by atoms with Gasteiger partial charge in [0.2, 0.25) is 0 Å². The van der Waals surface area contributed by atoms with Crippen LogP contribution in [0.25, 0.3) is 0 Å². The summed E-state index contributed by atoms with van der Waals surface area (Å²) in [6.45, 7) is 9.85. The fourth-order valence-electron chi connectivity index (χ4n) is 2.69. The van der Waals surface area contributed by atoms with Gasteiger partial charge >= 0.3 is 0 Å². The van der Waals surface area contributed by atoms with Crippen LogP contribution in [0.4, 0.5) is 5.69 Å². The van der Waals surface area contributed by atoms with E-state index in [1.807, 2.05) is 6.92 Å². The van der Waals surface area contributed by atoms with Crippen molar-refractivity contribution < 1.29 is 9.52 Å². The standard InChI is InChI=1S/C20H30N4O2.HI/c1-4-21-20(23-15-18(25)19-10-7-13-26-19)22-11-12-24(5-2)17-9-6-8-16(3)14-17;/h6-10,13-14,18,25H,4-5,11-12,15H2,1-3H3,(H2,21,22,23);1H. The van der Waals surface area contributed by atoms with Crippen molar-refractivity contribution in [2.45, 2.75) is 26.9 Å². The largest absolute Gasteiger partial charge is 0.467 e. The van der Waals surface area contributed by atoms with Crippen LogP contribution in [0.1, 0.15) is 31.3 Å². The summed E-state index contributed by atoms with van der Waals surface area (Å²) in [7, 11) is 0. The van der Waals surface area contributed by atoms with Gasteiger partial charge in [-0.05, 0) is 50.6 Å². The highest BCUT2D eigenvalue weighted by Gasteiger charge is 2.10. The molecule has 0 saturated heterocycles. The lowest BCUT2D eigenvalue weighted by atomic mass is 10.2. The van der Waals surface area contributed by atoms with Crippen molar-refractivity contribution in [2.75, 3.05) is 37.6 Å². The first-order chi connectivity index (χ1) is 12.6. The Hall–Kier alpha value is -1.74. The number of furan rings is 1. The third-order valence-electron chi connectivity index (χ3n) is 4.06. The molecule has 7 heteroatoms. The predicted molar refractivity (Wildman–Crippen MR) is 122 cm³/mol. The van der Waals surface area contributed by atoms with Crippen molar-refractivity contribution >= 4 is 35.6 Å². The van der Waals surface area contributed by atoms with E-state index in [0.717, 1.165) is 26.2 Å². The number of nitrogens with one attached hydrogen (secondary N) is 2. The molecule has 0 aliphatic carbocycles. The highest BCUT2D eigenvalue weighted by Crippen LogP contribution is 2.15. The van der Waals surface area contributed by atoms with Crippen LogP contribution in [0.5, 0.6) is 0 Å². The molecular weight excluding hydrogens is 455 g/mol. The minimum absolute atomic E-state index is 0. The number of halogens is 1. The summed E-state index contributed by atoms with van der Waals surface area (Å²) in [6.07, 6.45) is 0.816. The Kier molecular flexibility index (Phi) is 10.9. The molecule has 0 aliphatic heterocycles. The summed E-state index contributed by atoms with van der Waals surface area (Å²) in [6, 6.07) is 12.0. The molecule has 1 heterocycles. The van der Waals surface area contributed by atoms with E-state index >= 15 is 0 Å². The molecular formula is C20H31IN4O2. The summed E-state index contributed by atoms with van der Waals surface area (Å²) in [5.74, 6) is 1.22. The molecule has 0 bridgehead atoms. The third-order valence-corrected chi connectivity index (χ3v) is 4.06. The molecule has 150 valence electrons. The maximum absolute atomic E-state index is 10.1. The van der Waals surface area contributed by atoms with E-state index in [0.29, 0.717) is 11.7 Å². The molecule has 6 nitrogen and oxygen atoms in total. The normalized spacial score (nSPS) is 12.2. The Morgan fingerprint density at radius 2 is 2.04 bits per heavy atom. The number of rotatable bonds is 9. The average molecular weight is 486 g/mol. The van der Waals surface area contributed by atoms with Gasteiger partial charge in [-0.3, -0.25) is 4.99 Å². The van der Waals surface area contributed by atoms with Crippen LogP contribution in [-0.2, 0) is 0 Å². The Bertz CT molecular complexity index is 676. The number of hydrogen-bond acceptors (Lipinski definition) is 4. The van der Waals surface area contributed by atoms with E-state index in [-0.39, 0.29) is 30.5 Å². The highest BCUT2D eigenvalue weighted by molar-refractivity contribution is 14.0. The van der Waals surface area contributed by atoms with Crippen molar-refractivity contribution in [3.8, 4) is 0 Å². The van der Waals surface area contributed by atoms with Crippen LogP contribution in [0.2, 0.25) is 0 Å². The fourth-order valence-corrected chi connectivity index (χ4v) is 2.69. The minimum Gasteiger partial charge on any atom is -0.467 e. The van der Waals surface area contributed by atoms with Crippen LogP contribution in [-0.4, -0.2) is 43.8 Å². The van der Waals surface area contributed by atoms with Gasteiger partial charge in [-0.15, -0.1) is 24.0 Å². The van der Waals surface area contributed by atoms with Crippen molar-refractivity contribution in [2.24, 2.45) is 4.99 Å². The fraction of sp³-hybridized carbons (Fsp3) is 0.450. The second kappa shape index (κ2) is 12.6. The molecule has 0 saturated carbocycles. The molecule has 1 aromatic carbocycles. The Morgan fingerprint density at radius 3 is 2.67 bits per heavy atom. The molecule has 0 fully saturated rings. The van der Waals surface area contributed by atoms with Gasteiger partial charge in [-0.1, -0.05) is 12.1 Å². The maximum atomic E-state index is 10.1. The summed E-state index contributed by atoms with van der Waals surface area (Å²) in [5.41, 5.74) is 2.49. The van der Waals surface area contributed by atoms with Gasteiger partial charge in [0.05, 0.1) is 12.8 Å². The van der Waals surface area contributed by atoms with Gasteiger partial charge in [0, 0.05) is 31.9 Å². The van der Waals surface area contributed by atoms with Gasteiger partial charge in [-0.2, -0.15) is 0 Å². The zero-order valence-corrected chi connectivity index (χ0v) is 18.6. The van der Waals surface area contributed by atoms with Crippen molar-refractivity contribution in [3.63, 3.8) is 0 Å². The molecule has 2 aromatic rings. The summed E-state index contributed by atoms with van der Waals surface area (Å²) >= 11 is 0. The van der Waals surface area contributed by atoms with Crippen LogP contribution >= 0.6 is 24.0 Å². The van der Waals surface area contributed by atoms with Crippen LogP contribution in [0.15, 0.2) is 52.1 Å². The van der Waals surface area contributed by atoms with Crippen molar-refractivity contribution in [3.05, 3.63) is 54.0 Å². The predicted octanol–water partition coefficient (Wildman–Crippen LogP) is 3.32. The molecule has 1 aromatic heterocycles. The van der Waals surface area contributed by atoms with Crippen LogP contribution in [0.3, 0.4) is 0 Å². The van der Waals surface area contributed by atoms with E-state index in [1.165, 1.54) is 11.3 Å². The molecule has 3 N–H and O–H groups in total. The Morgan fingerprint density at radius 1 is 1.22 bits per heavy atom. The number of aliphatic hydroxyl groups is 1. The zero-order chi connectivity index (χ0) is 18.8.